The number of nitrogens with zero attached hydrogens (tertiary/aromatic N) is 4. The average molecular weight is 297 g/mol. The Hall–Kier alpha value is -1.50. The minimum atomic E-state index is 0.554. The third-order valence-corrected chi connectivity index (χ3v) is 3.06. The van der Waals surface area contributed by atoms with Gasteiger partial charge in [-0.3, -0.25) is 5.10 Å². The number of aryl methyl sites for hydroxylation is 1. The van der Waals surface area contributed by atoms with E-state index in [0.29, 0.717) is 11.6 Å². The van der Waals surface area contributed by atoms with Gasteiger partial charge in [0.15, 0.2) is 11.6 Å². The third kappa shape index (κ3) is 2.44. The Morgan fingerprint density at radius 1 is 1.35 bits per heavy atom. The standard InChI is InChI=1S/C10H13BrN6/c1-3-6-7(11)8(12-4-2)16-10(15-6)9-13-5-14-17-9/h5H,3-4H2,1-2H3,(H,12,15,16)(H,13,14,17). The predicted molar refractivity (Wildman–Crippen MR) is 68.7 cm³/mol. The van der Waals surface area contributed by atoms with Crippen molar-refractivity contribution < 1.29 is 0 Å². The van der Waals surface area contributed by atoms with Gasteiger partial charge in [0.2, 0.25) is 0 Å². The monoisotopic (exact) mass is 296 g/mol. The van der Waals surface area contributed by atoms with Gasteiger partial charge in [0, 0.05) is 6.54 Å². The topological polar surface area (TPSA) is 79.4 Å². The van der Waals surface area contributed by atoms with Crippen LogP contribution in [0.3, 0.4) is 0 Å². The van der Waals surface area contributed by atoms with Crippen LogP contribution in [0, 0.1) is 0 Å². The molecule has 0 aromatic carbocycles. The molecule has 2 rings (SSSR count). The summed E-state index contributed by atoms with van der Waals surface area (Å²) in [6, 6.07) is 0. The van der Waals surface area contributed by atoms with E-state index in [9.17, 15) is 0 Å². The molecule has 2 N–H and O–H groups in total. The third-order valence-electron chi connectivity index (χ3n) is 2.23. The van der Waals surface area contributed by atoms with Gasteiger partial charge in [0.25, 0.3) is 0 Å². The molecular formula is C10H13BrN6. The maximum atomic E-state index is 4.44. The van der Waals surface area contributed by atoms with Crippen LogP contribution in [0.15, 0.2) is 10.8 Å². The molecule has 90 valence electrons. The molecule has 0 atom stereocenters. The maximum Gasteiger partial charge on any atom is 0.199 e. The van der Waals surface area contributed by atoms with E-state index in [1.54, 1.807) is 0 Å². The first kappa shape index (κ1) is 12.0. The first-order valence-corrected chi connectivity index (χ1v) is 6.21. The van der Waals surface area contributed by atoms with E-state index >= 15 is 0 Å². The second kappa shape index (κ2) is 5.22. The van der Waals surface area contributed by atoms with Gasteiger partial charge in [-0.2, -0.15) is 5.10 Å². The number of aromatic amines is 1. The molecule has 2 aromatic rings. The number of anilines is 1. The lowest BCUT2D eigenvalue weighted by Gasteiger charge is -2.09. The van der Waals surface area contributed by atoms with Gasteiger partial charge in [-0.15, -0.1) is 0 Å². The highest BCUT2D eigenvalue weighted by molar-refractivity contribution is 9.10. The van der Waals surface area contributed by atoms with Crippen molar-refractivity contribution in [2.24, 2.45) is 0 Å². The Labute approximate surface area is 107 Å². The number of rotatable bonds is 4. The quantitative estimate of drug-likeness (QED) is 0.902. The van der Waals surface area contributed by atoms with Gasteiger partial charge in [-0.1, -0.05) is 6.92 Å². The summed E-state index contributed by atoms with van der Waals surface area (Å²) in [5.74, 6) is 1.91. The fraction of sp³-hybridized carbons (Fsp3) is 0.400. The zero-order valence-electron chi connectivity index (χ0n) is 9.66. The first-order valence-electron chi connectivity index (χ1n) is 5.42. The molecule has 0 saturated carbocycles. The summed E-state index contributed by atoms with van der Waals surface area (Å²) >= 11 is 3.51. The average Bonchev–Trinajstić information content (AvgIpc) is 2.85. The SMILES string of the molecule is CCNc1nc(-c2ncn[nH]2)nc(CC)c1Br. The van der Waals surface area contributed by atoms with Crippen molar-refractivity contribution in [2.75, 3.05) is 11.9 Å². The Balaban J connectivity index is 2.50. The Morgan fingerprint density at radius 3 is 2.76 bits per heavy atom. The van der Waals surface area contributed by atoms with Gasteiger partial charge in [-0.25, -0.2) is 15.0 Å². The largest absolute Gasteiger partial charge is 0.369 e. The Morgan fingerprint density at radius 2 is 2.18 bits per heavy atom. The molecule has 7 heteroatoms. The van der Waals surface area contributed by atoms with Crippen LogP contribution in [0.2, 0.25) is 0 Å². The van der Waals surface area contributed by atoms with E-state index in [4.69, 9.17) is 0 Å². The van der Waals surface area contributed by atoms with Crippen LogP contribution in [0.25, 0.3) is 11.6 Å². The van der Waals surface area contributed by atoms with E-state index in [1.165, 1.54) is 6.33 Å². The minimum absolute atomic E-state index is 0.554. The Bertz CT molecular complexity index is 496. The lowest BCUT2D eigenvalue weighted by atomic mass is 10.3. The predicted octanol–water partition coefficient (Wildman–Crippen LogP) is 2.02. The molecule has 0 aliphatic heterocycles. The lowest BCUT2D eigenvalue weighted by molar-refractivity contribution is 0.967. The van der Waals surface area contributed by atoms with Crippen molar-refractivity contribution in [3.05, 3.63) is 16.5 Å². The van der Waals surface area contributed by atoms with Crippen LogP contribution in [0.4, 0.5) is 5.82 Å². The highest BCUT2D eigenvalue weighted by Gasteiger charge is 2.13. The van der Waals surface area contributed by atoms with Gasteiger partial charge >= 0.3 is 0 Å². The molecule has 0 aliphatic rings. The maximum absolute atomic E-state index is 4.44. The first-order chi connectivity index (χ1) is 8.26. The van der Waals surface area contributed by atoms with E-state index < -0.39 is 0 Å². The molecule has 0 unspecified atom stereocenters. The molecule has 0 bridgehead atoms. The second-order valence-electron chi connectivity index (χ2n) is 3.37. The summed E-state index contributed by atoms with van der Waals surface area (Å²) in [6.45, 7) is 4.87. The summed E-state index contributed by atoms with van der Waals surface area (Å²) in [4.78, 5) is 12.9. The zero-order chi connectivity index (χ0) is 12.3. The van der Waals surface area contributed by atoms with E-state index in [1.807, 2.05) is 13.8 Å². The van der Waals surface area contributed by atoms with Crippen molar-refractivity contribution in [1.29, 1.82) is 0 Å². The van der Waals surface area contributed by atoms with E-state index in [2.05, 4.69) is 46.4 Å². The molecule has 2 aromatic heterocycles. The number of halogens is 1. The van der Waals surface area contributed by atoms with Crippen LogP contribution < -0.4 is 5.32 Å². The summed E-state index contributed by atoms with van der Waals surface area (Å²) < 4.78 is 0.908. The highest BCUT2D eigenvalue weighted by Crippen LogP contribution is 2.26. The molecule has 0 aliphatic carbocycles. The summed E-state index contributed by atoms with van der Waals surface area (Å²) in [5, 5.41) is 9.76. The molecular weight excluding hydrogens is 284 g/mol. The van der Waals surface area contributed by atoms with Gasteiger partial charge in [0.1, 0.15) is 12.1 Å². The summed E-state index contributed by atoms with van der Waals surface area (Å²) in [6.07, 6.45) is 2.27. The second-order valence-corrected chi connectivity index (χ2v) is 4.17. The molecule has 0 saturated heterocycles. The van der Waals surface area contributed by atoms with E-state index in [-0.39, 0.29) is 0 Å². The molecule has 0 radical (unpaired) electrons. The van der Waals surface area contributed by atoms with Crippen LogP contribution in [-0.2, 0) is 6.42 Å². The minimum Gasteiger partial charge on any atom is -0.369 e. The van der Waals surface area contributed by atoms with Crippen LogP contribution in [0.5, 0.6) is 0 Å². The van der Waals surface area contributed by atoms with Gasteiger partial charge in [-0.05, 0) is 29.3 Å². The van der Waals surface area contributed by atoms with Crippen molar-refractivity contribution in [3.63, 3.8) is 0 Å². The van der Waals surface area contributed by atoms with Crippen LogP contribution >= 0.6 is 15.9 Å². The number of nitrogens with one attached hydrogen (secondary N) is 2. The van der Waals surface area contributed by atoms with Crippen molar-refractivity contribution in [1.82, 2.24) is 25.1 Å². The van der Waals surface area contributed by atoms with Gasteiger partial charge < -0.3 is 5.32 Å². The molecule has 0 amide bonds. The zero-order valence-corrected chi connectivity index (χ0v) is 11.2. The normalized spacial score (nSPS) is 10.5. The molecule has 6 nitrogen and oxygen atoms in total. The molecule has 17 heavy (non-hydrogen) atoms. The molecule has 2 heterocycles. The number of hydrogen-bond donors (Lipinski definition) is 2. The number of hydrogen-bond acceptors (Lipinski definition) is 5. The smallest absolute Gasteiger partial charge is 0.199 e. The highest BCUT2D eigenvalue weighted by atomic mass is 79.9. The number of aromatic nitrogens is 5. The van der Waals surface area contributed by atoms with Crippen molar-refractivity contribution in [2.45, 2.75) is 20.3 Å². The van der Waals surface area contributed by atoms with E-state index in [0.717, 1.165) is 29.0 Å². The van der Waals surface area contributed by atoms with Crippen molar-refractivity contribution >= 4 is 21.7 Å². The van der Waals surface area contributed by atoms with Crippen molar-refractivity contribution in [3.8, 4) is 11.6 Å². The van der Waals surface area contributed by atoms with Crippen LogP contribution in [-0.4, -0.2) is 31.7 Å². The fourth-order valence-corrected chi connectivity index (χ4v) is 2.03. The summed E-state index contributed by atoms with van der Waals surface area (Å²) in [7, 11) is 0. The molecule has 0 fully saturated rings. The van der Waals surface area contributed by atoms with Gasteiger partial charge in [0.05, 0.1) is 10.2 Å². The fourth-order valence-electron chi connectivity index (χ4n) is 1.43. The molecule has 0 spiro atoms. The summed E-state index contributed by atoms with van der Waals surface area (Å²) in [5.41, 5.74) is 0.947. The van der Waals surface area contributed by atoms with Crippen LogP contribution in [0.1, 0.15) is 19.5 Å². The lowest BCUT2D eigenvalue weighted by Crippen LogP contribution is -2.06. The number of H-pyrrole nitrogens is 1. The Kier molecular flexibility index (Phi) is 3.68.